The maximum atomic E-state index is 13.4. The largest absolute Gasteiger partial charge is 0.493 e. The predicted molar refractivity (Wildman–Crippen MR) is 129 cm³/mol. The van der Waals surface area contributed by atoms with E-state index in [2.05, 4.69) is 5.10 Å². The molecule has 2 aliphatic rings. The molecule has 0 unspecified atom stereocenters. The molecule has 0 radical (unpaired) electrons. The van der Waals surface area contributed by atoms with Crippen molar-refractivity contribution in [3.63, 3.8) is 0 Å². The zero-order chi connectivity index (χ0) is 24.8. The molecule has 1 atom stereocenters. The number of rotatable bonds is 8. The number of likely N-dealkylation sites (tertiary alicyclic amines) is 1. The third kappa shape index (κ3) is 6.32. The van der Waals surface area contributed by atoms with Crippen LogP contribution in [0.15, 0.2) is 30.5 Å². The van der Waals surface area contributed by atoms with E-state index in [0.29, 0.717) is 56.7 Å². The number of hydrogen-bond donors (Lipinski definition) is 0. The molecule has 10 heteroatoms. The summed E-state index contributed by atoms with van der Waals surface area (Å²) in [6, 6.07) is 5.82. The van der Waals surface area contributed by atoms with Gasteiger partial charge >= 0.3 is 0 Å². The molecule has 3 heterocycles. The number of amides is 2. The van der Waals surface area contributed by atoms with Crippen LogP contribution in [0.5, 0.6) is 5.75 Å². The summed E-state index contributed by atoms with van der Waals surface area (Å²) in [5, 5.41) is 4.72. The van der Waals surface area contributed by atoms with Crippen molar-refractivity contribution >= 4 is 23.4 Å². The highest BCUT2D eigenvalue weighted by Gasteiger charge is 2.42. The van der Waals surface area contributed by atoms with Crippen LogP contribution in [0.2, 0.25) is 5.02 Å². The van der Waals surface area contributed by atoms with Gasteiger partial charge in [-0.1, -0.05) is 18.5 Å². The summed E-state index contributed by atoms with van der Waals surface area (Å²) in [5.74, 6) is -0.0390. The highest BCUT2D eigenvalue weighted by atomic mass is 35.5. The Labute approximate surface area is 209 Å². The summed E-state index contributed by atoms with van der Waals surface area (Å²) < 4.78 is 26.5. The Morgan fingerprint density at radius 3 is 2.63 bits per heavy atom. The lowest BCUT2D eigenvalue weighted by Gasteiger charge is -2.43. The van der Waals surface area contributed by atoms with E-state index in [0.717, 1.165) is 19.3 Å². The summed E-state index contributed by atoms with van der Waals surface area (Å²) in [7, 11) is 0. The van der Waals surface area contributed by atoms with E-state index in [9.17, 15) is 14.0 Å². The van der Waals surface area contributed by atoms with Crippen LogP contribution in [-0.2, 0) is 16.1 Å². The van der Waals surface area contributed by atoms with Gasteiger partial charge in [0.25, 0.3) is 5.91 Å². The molecule has 190 valence electrons. The highest BCUT2D eigenvalue weighted by molar-refractivity contribution is 6.33. The number of halogens is 2. The highest BCUT2D eigenvalue weighted by Crippen LogP contribution is 2.36. The Kier molecular flexibility index (Phi) is 8.28. The van der Waals surface area contributed by atoms with E-state index in [1.807, 2.05) is 11.8 Å². The number of morpholine rings is 1. The van der Waals surface area contributed by atoms with Gasteiger partial charge < -0.3 is 19.3 Å². The van der Waals surface area contributed by atoms with Crippen molar-refractivity contribution in [3.8, 4) is 5.75 Å². The molecular formula is C25H32ClFN4O4. The quantitative estimate of drug-likeness (QED) is 0.546. The zero-order valence-electron chi connectivity index (χ0n) is 20.0. The third-order valence-corrected chi connectivity index (χ3v) is 6.85. The van der Waals surface area contributed by atoms with Crippen molar-refractivity contribution in [2.24, 2.45) is 5.41 Å². The van der Waals surface area contributed by atoms with Gasteiger partial charge in [0.05, 0.1) is 24.8 Å². The number of benzene rings is 1. The lowest BCUT2D eigenvalue weighted by molar-refractivity contribution is -0.139. The van der Waals surface area contributed by atoms with Crippen molar-refractivity contribution < 1.29 is 23.5 Å². The van der Waals surface area contributed by atoms with Gasteiger partial charge in [-0.05, 0) is 43.5 Å². The van der Waals surface area contributed by atoms with E-state index in [4.69, 9.17) is 21.1 Å². The summed E-state index contributed by atoms with van der Waals surface area (Å²) in [5.41, 5.74) is -0.356. The van der Waals surface area contributed by atoms with Crippen LogP contribution in [0.25, 0.3) is 0 Å². The minimum absolute atomic E-state index is 0.0237. The lowest BCUT2D eigenvalue weighted by atomic mass is 9.77. The molecule has 0 spiro atoms. The van der Waals surface area contributed by atoms with E-state index in [-0.39, 0.29) is 36.4 Å². The van der Waals surface area contributed by atoms with Gasteiger partial charge in [0.1, 0.15) is 11.6 Å². The Morgan fingerprint density at radius 1 is 1.17 bits per heavy atom. The van der Waals surface area contributed by atoms with Crippen LogP contribution < -0.4 is 4.74 Å². The Morgan fingerprint density at radius 2 is 1.91 bits per heavy atom. The second-order valence-electron chi connectivity index (χ2n) is 9.33. The maximum absolute atomic E-state index is 13.4. The smallest absolute Gasteiger partial charge is 0.275 e. The van der Waals surface area contributed by atoms with E-state index in [1.165, 1.54) is 12.1 Å². The minimum Gasteiger partial charge on any atom is -0.493 e. The van der Waals surface area contributed by atoms with Crippen molar-refractivity contribution in [2.75, 3.05) is 46.0 Å². The Hall–Kier alpha value is -2.65. The number of carbonyl (C=O) groups excluding carboxylic acids is 2. The fourth-order valence-corrected chi connectivity index (χ4v) is 4.97. The second kappa shape index (κ2) is 11.4. The van der Waals surface area contributed by atoms with Crippen molar-refractivity contribution in [2.45, 2.75) is 39.2 Å². The topological polar surface area (TPSA) is 76.9 Å². The van der Waals surface area contributed by atoms with Crippen LogP contribution in [0.4, 0.5) is 4.39 Å². The minimum atomic E-state index is -0.587. The molecule has 8 nitrogen and oxygen atoms in total. The summed E-state index contributed by atoms with van der Waals surface area (Å²) in [6.07, 6.45) is 4.25. The summed E-state index contributed by atoms with van der Waals surface area (Å²) >= 11 is 6.35. The van der Waals surface area contributed by atoms with Gasteiger partial charge in [0.15, 0.2) is 5.69 Å². The van der Waals surface area contributed by atoms with Gasteiger partial charge in [-0.3, -0.25) is 14.3 Å². The molecule has 2 fully saturated rings. The molecule has 2 saturated heterocycles. The average molecular weight is 507 g/mol. The molecule has 2 amide bonds. The molecule has 35 heavy (non-hydrogen) atoms. The standard InChI is InChI=1S/C25H32ClFN4O4/c1-2-9-31-16-21(26)23(28-31)24(33)30-10-3-8-25(17-30,15-22(32)29-11-13-34-14-12-29)18-35-20-6-4-19(27)5-7-20/h4-7,16H,2-3,8-15,17-18H2,1H3/t25-/m1/s1. The number of carbonyl (C=O) groups is 2. The predicted octanol–water partition coefficient (Wildman–Crippen LogP) is 3.64. The van der Waals surface area contributed by atoms with Gasteiger partial charge in [0.2, 0.25) is 5.91 Å². The zero-order valence-corrected chi connectivity index (χ0v) is 20.8. The van der Waals surface area contributed by atoms with Crippen molar-refractivity contribution in [1.82, 2.24) is 19.6 Å². The van der Waals surface area contributed by atoms with E-state index >= 15 is 0 Å². The maximum Gasteiger partial charge on any atom is 0.275 e. The van der Waals surface area contributed by atoms with Crippen molar-refractivity contribution in [3.05, 3.63) is 47.0 Å². The lowest BCUT2D eigenvalue weighted by Crippen LogP contribution is -2.52. The van der Waals surface area contributed by atoms with Crippen LogP contribution in [0, 0.1) is 11.2 Å². The number of nitrogens with zero attached hydrogens (tertiary/aromatic N) is 4. The summed E-state index contributed by atoms with van der Waals surface area (Å²) in [6.45, 7) is 6.00. The number of aryl methyl sites for hydroxylation is 1. The molecule has 0 saturated carbocycles. The number of piperidine rings is 1. The van der Waals surface area contributed by atoms with Gasteiger partial charge in [-0.2, -0.15) is 5.10 Å². The van der Waals surface area contributed by atoms with Gasteiger partial charge in [-0.15, -0.1) is 0 Å². The Bertz CT molecular complexity index is 1020. The van der Waals surface area contributed by atoms with E-state index < -0.39 is 5.41 Å². The van der Waals surface area contributed by atoms with Crippen LogP contribution in [0.3, 0.4) is 0 Å². The second-order valence-corrected chi connectivity index (χ2v) is 9.74. The molecule has 1 aromatic carbocycles. The van der Waals surface area contributed by atoms with Crippen LogP contribution in [0.1, 0.15) is 43.1 Å². The van der Waals surface area contributed by atoms with E-state index in [1.54, 1.807) is 27.9 Å². The molecule has 2 aromatic rings. The number of hydrogen-bond acceptors (Lipinski definition) is 5. The fourth-order valence-electron chi connectivity index (χ4n) is 4.74. The molecule has 2 aliphatic heterocycles. The fraction of sp³-hybridized carbons (Fsp3) is 0.560. The van der Waals surface area contributed by atoms with Crippen molar-refractivity contribution in [1.29, 1.82) is 0 Å². The monoisotopic (exact) mass is 506 g/mol. The SMILES string of the molecule is CCCn1cc(Cl)c(C(=O)N2CCC[C@@](COc3ccc(F)cc3)(CC(=O)N3CCOCC3)C2)n1. The molecule has 0 bridgehead atoms. The van der Waals surface area contributed by atoms with Gasteiger partial charge in [-0.25, -0.2) is 4.39 Å². The van der Waals surface area contributed by atoms with Gasteiger partial charge in [0, 0.05) is 50.8 Å². The normalized spacial score (nSPS) is 20.7. The molecule has 4 rings (SSSR count). The molecule has 0 aliphatic carbocycles. The first-order chi connectivity index (χ1) is 16.9. The summed E-state index contributed by atoms with van der Waals surface area (Å²) in [4.78, 5) is 30.2. The molecule has 1 aromatic heterocycles. The Balaban J connectivity index is 1.53. The molecule has 0 N–H and O–H groups in total. The average Bonchev–Trinajstić information content (AvgIpc) is 3.24. The van der Waals surface area contributed by atoms with Crippen LogP contribution >= 0.6 is 11.6 Å². The third-order valence-electron chi connectivity index (χ3n) is 6.57. The first-order valence-electron chi connectivity index (χ1n) is 12.2. The first kappa shape index (κ1) is 25.4. The number of aromatic nitrogens is 2. The van der Waals surface area contributed by atoms with Crippen LogP contribution in [-0.4, -0.2) is 77.4 Å². The molecular weight excluding hydrogens is 475 g/mol. The first-order valence-corrected chi connectivity index (χ1v) is 12.5. The number of ether oxygens (including phenoxy) is 2.